The molecule has 0 aliphatic carbocycles. The molecule has 100 valence electrons. The van der Waals surface area contributed by atoms with Gasteiger partial charge in [0.05, 0.1) is 22.3 Å². The van der Waals surface area contributed by atoms with Crippen molar-refractivity contribution in [2.45, 2.75) is 32.7 Å². The molecular weight excluding hydrogens is 271 g/mol. The first-order valence-electron chi connectivity index (χ1n) is 5.84. The zero-order chi connectivity index (χ0) is 13.8. The van der Waals surface area contributed by atoms with Gasteiger partial charge in [-0.15, -0.1) is 0 Å². The maximum atomic E-state index is 11.8. The summed E-state index contributed by atoms with van der Waals surface area (Å²) in [6.45, 7) is 6.38. The van der Waals surface area contributed by atoms with E-state index in [1.54, 1.807) is 18.2 Å². The summed E-state index contributed by atoms with van der Waals surface area (Å²) in [5.41, 5.74) is 0.392. The number of carbonyl (C=O) groups excluding carboxylic acids is 1. The van der Waals surface area contributed by atoms with E-state index in [0.717, 1.165) is 6.42 Å². The summed E-state index contributed by atoms with van der Waals surface area (Å²) in [6.07, 6.45) is 0.938. The second-order valence-corrected chi connectivity index (χ2v) is 5.55. The number of hydrogen-bond donors (Lipinski definition) is 2. The number of hydrogen-bond acceptors (Lipinski definition) is 2. The highest BCUT2D eigenvalue weighted by Crippen LogP contribution is 2.29. The number of amides is 1. The molecule has 1 amide bonds. The number of nitrogens with one attached hydrogen (secondary N) is 2. The highest BCUT2D eigenvalue weighted by atomic mass is 35.5. The second kappa shape index (κ2) is 6.41. The highest BCUT2D eigenvalue weighted by molar-refractivity contribution is 6.39. The molecule has 0 heterocycles. The average molecular weight is 289 g/mol. The molecule has 0 bridgehead atoms. The van der Waals surface area contributed by atoms with Gasteiger partial charge >= 0.3 is 0 Å². The number of rotatable bonds is 5. The van der Waals surface area contributed by atoms with Gasteiger partial charge in [0, 0.05) is 5.54 Å². The molecule has 2 N–H and O–H groups in total. The Morgan fingerprint density at radius 2 is 1.83 bits per heavy atom. The van der Waals surface area contributed by atoms with E-state index in [4.69, 9.17) is 23.2 Å². The minimum atomic E-state index is -0.161. The molecule has 0 unspecified atom stereocenters. The van der Waals surface area contributed by atoms with Crippen LogP contribution in [0.2, 0.25) is 10.0 Å². The quantitative estimate of drug-likeness (QED) is 0.867. The molecule has 18 heavy (non-hydrogen) atoms. The fourth-order valence-corrected chi connectivity index (χ4v) is 1.74. The van der Waals surface area contributed by atoms with Crippen molar-refractivity contribution in [2.75, 3.05) is 11.9 Å². The van der Waals surface area contributed by atoms with E-state index in [1.807, 2.05) is 13.8 Å². The van der Waals surface area contributed by atoms with Crippen LogP contribution in [0.4, 0.5) is 5.69 Å². The lowest BCUT2D eigenvalue weighted by molar-refractivity contribution is -0.115. The first kappa shape index (κ1) is 15.3. The molecular formula is C13H18Cl2N2O. The van der Waals surface area contributed by atoms with Crippen LogP contribution in [0.15, 0.2) is 18.2 Å². The summed E-state index contributed by atoms with van der Waals surface area (Å²) in [7, 11) is 0. The molecule has 0 saturated carbocycles. The van der Waals surface area contributed by atoms with Gasteiger partial charge in [-0.1, -0.05) is 36.2 Å². The Morgan fingerprint density at radius 3 is 2.33 bits per heavy atom. The molecule has 0 radical (unpaired) electrons. The van der Waals surface area contributed by atoms with Crippen LogP contribution in [0.25, 0.3) is 0 Å². The van der Waals surface area contributed by atoms with E-state index < -0.39 is 0 Å². The summed E-state index contributed by atoms with van der Waals surface area (Å²) in [6, 6.07) is 5.11. The maximum absolute atomic E-state index is 11.8. The second-order valence-electron chi connectivity index (χ2n) is 4.74. The Hall–Kier alpha value is -0.770. The maximum Gasteiger partial charge on any atom is 0.238 e. The molecule has 0 fully saturated rings. The Bertz CT molecular complexity index is 413. The average Bonchev–Trinajstić information content (AvgIpc) is 2.32. The Balaban J connectivity index is 2.61. The normalized spacial score (nSPS) is 11.4. The molecule has 0 aliphatic rings. The fraction of sp³-hybridized carbons (Fsp3) is 0.462. The Kier molecular flexibility index (Phi) is 5.45. The van der Waals surface area contributed by atoms with E-state index in [2.05, 4.69) is 17.6 Å². The van der Waals surface area contributed by atoms with E-state index in [1.165, 1.54) is 0 Å². The lowest BCUT2D eigenvalue weighted by Crippen LogP contribution is -2.43. The zero-order valence-corrected chi connectivity index (χ0v) is 12.3. The van der Waals surface area contributed by atoms with Gasteiger partial charge in [-0.3, -0.25) is 4.79 Å². The minimum absolute atomic E-state index is 0.0678. The van der Waals surface area contributed by atoms with Crippen molar-refractivity contribution in [3.8, 4) is 0 Å². The van der Waals surface area contributed by atoms with Gasteiger partial charge < -0.3 is 10.6 Å². The largest absolute Gasteiger partial charge is 0.322 e. The monoisotopic (exact) mass is 288 g/mol. The van der Waals surface area contributed by atoms with Crippen molar-refractivity contribution in [3.05, 3.63) is 28.2 Å². The van der Waals surface area contributed by atoms with Crippen LogP contribution < -0.4 is 10.6 Å². The van der Waals surface area contributed by atoms with Crippen LogP contribution in [0.1, 0.15) is 27.2 Å². The van der Waals surface area contributed by atoms with Crippen molar-refractivity contribution in [1.29, 1.82) is 0 Å². The van der Waals surface area contributed by atoms with Gasteiger partial charge in [0.25, 0.3) is 0 Å². The lowest BCUT2D eigenvalue weighted by atomic mass is 10.0. The summed E-state index contributed by atoms with van der Waals surface area (Å²) < 4.78 is 0. The summed E-state index contributed by atoms with van der Waals surface area (Å²) >= 11 is 11.9. The number of halogens is 2. The molecule has 3 nitrogen and oxygen atoms in total. The summed E-state index contributed by atoms with van der Waals surface area (Å²) in [4.78, 5) is 11.8. The minimum Gasteiger partial charge on any atom is -0.322 e. The predicted octanol–water partition coefficient (Wildman–Crippen LogP) is 3.71. The van der Waals surface area contributed by atoms with Crippen LogP contribution in [0, 0.1) is 0 Å². The Morgan fingerprint density at radius 1 is 1.28 bits per heavy atom. The Labute approximate surface area is 118 Å². The lowest BCUT2D eigenvalue weighted by Gasteiger charge is -2.24. The van der Waals surface area contributed by atoms with Crippen molar-refractivity contribution in [1.82, 2.24) is 5.32 Å². The third kappa shape index (κ3) is 4.48. The highest BCUT2D eigenvalue weighted by Gasteiger charge is 2.16. The zero-order valence-electron chi connectivity index (χ0n) is 10.8. The number of anilines is 1. The van der Waals surface area contributed by atoms with Crippen LogP contribution in [0.3, 0.4) is 0 Å². The van der Waals surface area contributed by atoms with Crippen molar-refractivity contribution >= 4 is 34.8 Å². The molecule has 0 atom stereocenters. The van der Waals surface area contributed by atoms with Gasteiger partial charge in [-0.05, 0) is 32.4 Å². The third-order valence-electron chi connectivity index (χ3n) is 2.84. The van der Waals surface area contributed by atoms with Crippen LogP contribution in [0.5, 0.6) is 0 Å². The van der Waals surface area contributed by atoms with E-state index >= 15 is 0 Å². The number of benzene rings is 1. The van der Waals surface area contributed by atoms with Gasteiger partial charge in [0.15, 0.2) is 0 Å². The summed E-state index contributed by atoms with van der Waals surface area (Å²) in [5, 5.41) is 6.75. The summed E-state index contributed by atoms with van der Waals surface area (Å²) in [5.74, 6) is -0.161. The van der Waals surface area contributed by atoms with E-state index in [0.29, 0.717) is 15.7 Å². The smallest absolute Gasteiger partial charge is 0.238 e. The van der Waals surface area contributed by atoms with Gasteiger partial charge in [-0.25, -0.2) is 0 Å². The number of para-hydroxylation sites is 1. The first-order chi connectivity index (χ1) is 8.35. The molecule has 1 aromatic rings. The van der Waals surface area contributed by atoms with Gasteiger partial charge in [0.1, 0.15) is 0 Å². The fourth-order valence-electron chi connectivity index (χ4n) is 1.25. The molecule has 0 aromatic heterocycles. The van der Waals surface area contributed by atoms with Crippen LogP contribution >= 0.6 is 23.2 Å². The van der Waals surface area contributed by atoms with Gasteiger partial charge in [0.2, 0.25) is 5.91 Å². The topological polar surface area (TPSA) is 41.1 Å². The molecule has 0 spiro atoms. The molecule has 1 aromatic carbocycles. The SMILES string of the molecule is CCC(C)(C)NCC(=O)Nc1c(Cl)cccc1Cl. The molecule has 0 aliphatic heterocycles. The molecule has 5 heteroatoms. The van der Waals surface area contributed by atoms with E-state index in [9.17, 15) is 4.79 Å². The number of carbonyl (C=O) groups is 1. The predicted molar refractivity (Wildman–Crippen MR) is 77.5 cm³/mol. The van der Waals surface area contributed by atoms with Crippen molar-refractivity contribution in [2.24, 2.45) is 0 Å². The molecule has 1 rings (SSSR count). The first-order valence-corrected chi connectivity index (χ1v) is 6.60. The molecule has 0 saturated heterocycles. The van der Waals surface area contributed by atoms with Crippen LogP contribution in [-0.2, 0) is 4.79 Å². The van der Waals surface area contributed by atoms with Gasteiger partial charge in [-0.2, -0.15) is 0 Å². The third-order valence-corrected chi connectivity index (χ3v) is 3.47. The van der Waals surface area contributed by atoms with Crippen LogP contribution in [-0.4, -0.2) is 18.0 Å². The standard InChI is InChI=1S/C13H18Cl2N2O/c1-4-13(2,3)16-8-11(18)17-12-9(14)6-5-7-10(12)15/h5-7,16H,4,8H2,1-3H3,(H,17,18). The van der Waals surface area contributed by atoms with E-state index in [-0.39, 0.29) is 18.0 Å². The van der Waals surface area contributed by atoms with Crippen molar-refractivity contribution in [3.63, 3.8) is 0 Å². The van der Waals surface area contributed by atoms with Crippen molar-refractivity contribution < 1.29 is 4.79 Å².